The highest BCUT2D eigenvalue weighted by atomic mass is 19.2. The van der Waals surface area contributed by atoms with Gasteiger partial charge in [-0.05, 0) is 86.0 Å². The van der Waals surface area contributed by atoms with Crippen LogP contribution in [0.5, 0.6) is 5.75 Å². The predicted octanol–water partition coefficient (Wildman–Crippen LogP) is 9.69. The van der Waals surface area contributed by atoms with Crippen LogP contribution in [0.4, 0.5) is 8.78 Å². The van der Waals surface area contributed by atoms with Crippen LogP contribution in [0.25, 0.3) is 11.1 Å². The lowest BCUT2D eigenvalue weighted by Crippen LogP contribution is -2.30. The Kier molecular flexibility index (Phi) is 9.03. The summed E-state index contributed by atoms with van der Waals surface area (Å²) in [5, 5.41) is 0. The van der Waals surface area contributed by atoms with Gasteiger partial charge in [0.15, 0.2) is 11.6 Å². The van der Waals surface area contributed by atoms with Crippen LogP contribution >= 0.6 is 0 Å². The van der Waals surface area contributed by atoms with Gasteiger partial charge in [0.1, 0.15) is 0 Å². The summed E-state index contributed by atoms with van der Waals surface area (Å²) in [6, 6.07) is 11.3. The number of ether oxygens (including phenoxy) is 1. The molecule has 0 N–H and O–H groups in total. The molecule has 2 saturated carbocycles. The first kappa shape index (κ1) is 25.2. The molecule has 2 aromatic rings. The van der Waals surface area contributed by atoms with E-state index in [0.717, 1.165) is 23.3 Å². The van der Waals surface area contributed by atoms with Gasteiger partial charge in [-0.15, -0.1) is 0 Å². The largest absolute Gasteiger partial charge is 0.491 e. The molecule has 2 aliphatic carbocycles. The number of rotatable bonds is 10. The maximum Gasteiger partial charge on any atom is 0.201 e. The molecule has 186 valence electrons. The average Bonchev–Trinajstić information content (AvgIpc) is 2.87. The molecule has 0 heterocycles. The smallest absolute Gasteiger partial charge is 0.201 e. The molecular formula is C31H42F2O. The zero-order valence-corrected chi connectivity index (χ0v) is 21.1. The van der Waals surface area contributed by atoms with Crippen molar-refractivity contribution in [3.63, 3.8) is 0 Å². The summed E-state index contributed by atoms with van der Waals surface area (Å²) in [6.07, 6.45) is 16.6. The van der Waals surface area contributed by atoms with Crippen LogP contribution in [0.3, 0.4) is 0 Å². The van der Waals surface area contributed by atoms with Gasteiger partial charge in [-0.2, -0.15) is 4.39 Å². The van der Waals surface area contributed by atoms with Crippen molar-refractivity contribution in [2.24, 2.45) is 17.8 Å². The van der Waals surface area contributed by atoms with Gasteiger partial charge in [-0.1, -0.05) is 76.1 Å². The van der Waals surface area contributed by atoms with Crippen LogP contribution in [0.2, 0.25) is 0 Å². The first-order chi connectivity index (χ1) is 16.6. The summed E-state index contributed by atoms with van der Waals surface area (Å²) in [7, 11) is 0. The zero-order valence-electron chi connectivity index (χ0n) is 21.1. The molecule has 1 nitrogen and oxygen atoms in total. The molecular weight excluding hydrogens is 426 g/mol. The van der Waals surface area contributed by atoms with Crippen molar-refractivity contribution in [1.29, 1.82) is 0 Å². The van der Waals surface area contributed by atoms with E-state index in [1.807, 2.05) is 12.1 Å². The number of halogens is 2. The van der Waals surface area contributed by atoms with Crippen LogP contribution in [0.15, 0.2) is 36.4 Å². The zero-order chi connectivity index (χ0) is 23.9. The molecule has 2 aliphatic rings. The Morgan fingerprint density at radius 2 is 1.50 bits per heavy atom. The van der Waals surface area contributed by atoms with Crippen LogP contribution in [-0.2, 0) is 0 Å². The molecule has 0 spiro atoms. The Morgan fingerprint density at radius 3 is 2.26 bits per heavy atom. The summed E-state index contributed by atoms with van der Waals surface area (Å²) in [5.41, 5.74) is 2.37. The summed E-state index contributed by atoms with van der Waals surface area (Å²) in [6.45, 7) is 4.36. The quantitative estimate of drug-likeness (QED) is 0.315. The summed E-state index contributed by atoms with van der Waals surface area (Å²) in [4.78, 5) is 0. The Balaban J connectivity index is 1.32. The fourth-order valence-corrected chi connectivity index (χ4v) is 6.54. The Labute approximate surface area is 205 Å². The minimum absolute atomic E-state index is 0.0247. The standard InChI is InChI=1S/C31H42F2O/c1-3-5-6-7-8-9-22-10-11-27-21-26(17-16-25(27)20-22)23-12-14-24(15-13-23)28-18-19-29(34-4-2)31(33)30(28)32/h12-15,18-19,22,25-27H,3-11,16-17,20-21H2,1-2H3/t22?,25-,26-,27-/m1/s1. The van der Waals surface area contributed by atoms with E-state index < -0.39 is 11.6 Å². The highest BCUT2D eigenvalue weighted by molar-refractivity contribution is 5.65. The van der Waals surface area contributed by atoms with Crippen molar-refractivity contribution in [2.45, 2.75) is 96.8 Å². The van der Waals surface area contributed by atoms with E-state index in [1.54, 1.807) is 13.0 Å². The van der Waals surface area contributed by atoms with Crippen LogP contribution < -0.4 is 4.74 Å². The topological polar surface area (TPSA) is 9.23 Å². The van der Waals surface area contributed by atoms with E-state index in [4.69, 9.17) is 4.74 Å². The summed E-state index contributed by atoms with van der Waals surface area (Å²) in [5.74, 6) is 1.59. The van der Waals surface area contributed by atoms with Crippen molar-refractivity contribution < 1.29 is 13.5 Å². The van der Waals surface area contributed by atoms with Crippen molar-refractivity contribution in [3.8, 4) is 16.9 Å². The van der Waals surface area contributed by atoms with E-state index in [2.05, 4.69) is 19.1 Å². The third kappa shape index (κ3) is 6.01. The molecule has 34 heavy (non-hydrogen) atoms. The third-order valence-corrected chi connectivity index (χ3v) is 8.48. The van der Waals surface area contributed by atoms with Crippen LogP contribution in [0, 0.1) is 29.4 Å². The van der Waals surface area contributed by atoms with E-state index in [1.165, 1.54) is 88.7 Å². The predicted molar refractivity (Wildman–Crippen MR) is 137 cm³/mol. The maximum absolute atomic E-state index is 14.6. The lowest BCUT2D eigenvalue weighted by Gasteiger charge is -2.42. The van der Waals surface area contributed by atoms with Crippen LogP contribution in [0.1, 0.15) is 102 Å². The second-order valence-electron chi connectivity index (χ2n) is 10.7. The molecule has 4 atom stereocenters. The SMILES string of the molecule is CCCCCCCC1CC[C@@H]2C[C@H](c3ccc(-c4ccc(OCC)c(F)c4F)cc3)CC[C@@H]2C1. The van der Waals surface area contributed by atoms with Gasteiger partial charge >= 0.3 is 0 Å². The normalized spacial score (nSPS) is 24.6. The lowest BCUT2D eigenvalue weighted by atomic mass is 9.63. The Hall–Kier alpha value is -1.90. The minimum Gasteiger partial charge on any atom is -0.491 e. The lowest BCUT2D eigenvalue weighted by molar-refractivity contribution is 0.113. The number of benzene rings is 2. The van der Waals surface area contributed by atoms with Crippen molar-refractivity contribution in [2.75, 3.05) is 6.61 Å². The van der Waals surface area contributed by atoms with Crippen molar-refractivity contribution >= 4 is 0 Å². The van der Waals surface area contributed by atoms with Gasteiger partial charge in [-0.3, -0.25) is 0 Å². The second-order valence-corrected chi connectivity index (χ2v) is 10.7. The van der Waals surface area contributed by atoms with Gasteiger partial charge in [-0.25, -0.2) is 4.39 Å². The second kappa shape index (κ2) is 12.2. The van der Waals surface area contributed by atoms with Gasteiger partial charge < -0.3 is 4.74 Å². The molecule has 0 radical (unpaired) electrons. The molecule has 2 fully saturated rings. The van der Waals surface area contributed by atoms with Gasteiger partial charge in [0, 0.05) is 5.56 Å². The molecule has 3 heteroatoms. The number of unbranched alkanes of at least 4 members (excludes halogenated alkanes) is 4. The molecule has 0 bridgehead atoms. The summed E-state index contributed by atoms with van der Waals surface area (Å²) >= 11 is 0. The van der Waals surface area contributed by atoms with Gasteiger partial charge in [0.25, 0.3) is 0 Å². The molecule has 0 amide bonds. The number of hydrogen-bond donors (Lipinski definition) is 0. The Bertz CT molecular complexity index is 906. The van der Waals surface area contributed by atoms with Crippen molar-refractivity contribution in [3.05, 3.63) is 53.6 Å². The molecule has 0 aromatic heterocycles. The van der Waals surface area contributed by atoms with E-state index >= 15 is 0 Å². The third-order valence-electron chi connectivity index (χ3n) is 8.48. The number of fused-ring (bicyclic) bond motifs is 1. The molecule has 2 aromatic carbocycles. The van der Waals surface area contributed by atoms with Crippen molar-refractivity contribution in [1.82, 2.24) is 0 Å². The molecule has 1 unspecified atom stereocenters. The molecule has 0 aliphatic heterocycles. The van der Waals surface area contributed by atoms with E-state index in [-0.39, 0.29) is 5.75 Å². The highest BCUT2D eigenvalue weighted by Gasteiger charge is 2.35. The van der Waals surface area contributed by atoms with Gasteiger partial charge in [0.05, 0.1) is 6.61 Å². The Morgan fingerprint density at radius 1 is 0.765 bits per heavy atom. The van der Waals surface area contributed by atoms with Gasteiger partial charge in [0.2, 0.25) is 5.82 Å². The monoisotopic (exact) mass is 468 g/mol. The maximum atomic E-state index is 14.6. The first-order valence-corrected chi connectivity index (χ1v) is 13.8. The molecule has 4 rings (SSSR count). The minimum atomic E-state index is -0.904. The first-order valence-electron chi connectivity index (χ1n) is 13.8. The highest BCUT2D eigenvalue weighted by Crippen LogP contribution is 2.48. The average molecular weight is 469 g/mol. The summed E-state index contributed by atoms with van der Waals surface area (Å²) < 4.78 is 34.1. The van der Waals surface area contributed by atoms with E-state index in [0.29, 0.717) is 18.1 Å². The van der Waals surface area contributed by atoms with E-state index in [9.17, 15) is 8.78 Å². The fourth-order valence-electron chi connectivity index (χ4n) is 6.54. The fraction of sp³-hybridized carbons (Fsp3) is 0.613. The number of hydrogen-bond acceptors (Lipinski definition) is 1. The molecule has 0 saturated heterocycles. The van der Waals surface area contributed by atoms with Crippen LogP contribution in [-0.4, -0.2) is 6.61 Å².